The normalized spacial score (nSPS) is 13.1. The van der Waals surface area contributed by atoms with Crippen molar-refractivity contribution in [3.8, 4) is 0 Å². The second-order valence-corrected chi connectivity index (χ2v) is 3.72. The van der Waals surface area contributed by atoms with Gasteiger partial charge in [-0.2, -0.15) is 5.10 Å². The van der Waals surface area contributed by atoms with Gasteiger partial charge in [-0.1, -0.05) is 0 Å². The highest BCUT2D eigenvalue weighted by Crippen LogP contribution is 2.28. The fourth-order valence-corrected chi connectivity index (χ4v) is 1.72. The molecule has 2 heterocycles. The molecule has 0 aliphatic carbocycles. The van der Waals surface area contributed by atoms with Crippen molar-refractivity contribution < 1.29 is 9.52 Å². The summed E-state index contributed by atoms with van der Waals surface area (Å²) in [6.07, 6.45) is 4.23. The first-order chi connectivity index (χ1) is 6.68. The zero-order valence-corrected chi connectivity index (χ0v) is 9.10. The zero-order valence-electron chi connectivity index (χ0n) is 7.51. The third kappa shape index (κ3) is 1.60. The van der Waals surface area contributed by atoms with Gasteiger partial charge in [-0.15, -0.1) is 0 Å². The minimum Gasteiger partial charge on any atom is -0.457 e. The number of aromatic nitrogens is 2. The van der Waals surface area contributed by atoms with Crippen LogP contribution in [-0.2, 0) is 7.05 Å². The summed E-state index contributed by atoms with van der Waals surface area (Å²) in [5.74, 6) is 0. The predicted molar refractivity (Wildman–Crippen MR) is 53.7 cm³/mol. The van der Waals surface area contributed by atoms with E-state index in [0.717, 1.165) is 5.56 Å². The highest BCUT2D eigenvalue weighted by molar-refractivity contribution is 9.10. The molecule has 1 N–H and O–H groups in total. The van der Waals surface area contributed by atoms with Crippen molar-refractivity contribution in [2.75, 3.05) is 0 Å². The van der Waals surface area contributed by atoms with E-state index in [2.05, 4.69) is 21.0 Å². The Balaban J connectivity index is 2.33. The summed E-state index contributed by atoms with van der Waals surface area (Å²) in [5.41, 5.74) is 1.45. The van der Waals surface area contributed by atoms with Crippen LogP contribution in [0.1, 0.15) is 17.2 Å². The van der Waals surface area contributed by atoms with Crippen LogP contribution in [0.15, 0.2) is 33.8 Å². The van der Waals surface area contributed by atoms with Crippen LogP contribution in [0.5, 0.6) is 0 Å². The van der Waals surface area contributed by atoms with Crippen molar-refractivity contribution in [1.29, 1.82) is 0 Å². The number of hydrogen-bond acceptors (Lipinski definition) is 3. The van der Waals surface area contributed by atoms with Crippen molar-refractivity contribution in [3.05, 3.63) is 40.5 Å². The Bertz CT molecular complexity index is 435. The van der Waals surface area contributed by atoms with Crippen molar-refractivity contribution in [1.82, 2.24) is 9.78 Å². The highest BCUT2D eigenvalue weighted by atomic mass is 79.9. The largest absolute Gasteiger partial charge is 0.457 e. The summed E-state index contributed by atoms with van der Waals surface area (Å²) in [6.45, 7) is 0. The minimum atomic E-state index is -0.697. The highest BCUT2D eigenvalue weighted by Gasteiger charge is 2.16. The molecule has 0 aliphatic rings. The average molecular weight is 257 g/mol. The number of aliphatic hydroxyl groups excluding tert-OH is 1. The Morgan fingerprint density at radius 2 is 2.43 bits per heavy atom. The molecule has 0 saturated carbocycles. The average Bonchev–Trinajstić information content (AvgIpc) is 2.73. The SMILES string of the molecule is Cn1cc(C(O)c2ccoc2Br)cn1. The van der Waals surface area contributed by atoms with Gasteiger partial charge in [0, 0.05) is 24.4 Å². The summed E-state index contributed by atoms with van der Waals surface area (Å²) >= 11 is 3.22. The molecule has 0 radical (unpaired) electrons. The number of aryl methyl sites for hydroxylation is 1. The van der Waals surface area contributed by atoms with Crippen molar-refractivity contribution in [3.63, 3.8) is 0 Å². The number of furan rings is 1. The maximum atomic E-state index is 9.93. The molecule has 1 atom stereocenters. The first-order valence-corrected chi connectivity index (χ1v) is 4.87. The zero-order chi connectivity index (χ0) is 10.1. The van der Waals surface area contributed by atoms with Crippen LogP contribution >= 0.6 is 15.9 Å². The number of aliphatic hydroxyl groups is 1. The second-order valence-electron chi connectivity index (χ2n) is 3.00. The molecule has 1 unspecified atom stereocenters. The van der Waals surface area contributed by atoms with Crippen LogP contribution < -0.4 is 0 Å². The lowest BCUT2D eigenvalue weighted by molar-refractivity contribution is 0.218. The van der Waals surface area contributed by atoms with Gasteiger partial charge in [-0.05, 0) is 22.0 Å². The van der Waals surface area contributed by atoms with Gasteiger partial charge in [0.1, 0.15) is 6.10 Å². The first kappa shape index (κ1) is 9.48. The van der Waals surface area contributed by atoms with Gasteiger partial charge in [0.05, 0.1) is 12.5 Å². The van der Waals surface area contributed by atoms with E-state index < -0.39 is 6.10 Å². The molecule has 2 aromatic heterocycles. The van der Waals surface area contributed by atoms with Crippen LogP contribution in [0, 0.1) is 0 Å². The smallest absolute Gasteiger partial charge is 0.175 e. The molecule has 0 saturated heterocycles. The van der Waals surface area contributed by atoms with E-state index in [1.54, 1.807) is 30.2 Å². The number of rotatable bonds is 2. The Morgan fingerprint density at radius 1 is 1.64 bits per heavy atom. The van der Waals surface area contributed by atoms with Gasteiger partial charge in [0.15, 0.2) is 4.67 Å². The van der Waals surface area contributed by atoms with Gasteiger partial charge in [-0.3, -0.25) is 4.68 Å². The van der Waals surface area contributed by atoms with Crippen LogP contribution in [0.4, 0.5) is 0 Å². The van der Waals surface area contributed by atoms with Gasteiger partial charge in [-0.25, -0.2) is 0 Å². The van der Waals surface area contributed by atoms with Crippen molar-refractivity contribution in [2.24, 2.45) is 7.05 Å². The molecule has 0 aromatic carbocycles. The molecule has 0 amide bonds. The molecule has 2 rings (SSSR count). The fourth-order valence-electron chi connectivity index (χ4n) is 1.26. The standard InChI is InChI=1S/C9H9BrN2O2/c1-12-5-6(4-11-12)8(13)7-2-3-14-9(7)10/h2-5,8,13H,1H3. The molecular formula is C9H9BrN2O2. The quantitative estimate of drug-likeness (QED) is 0.893. The Hall–Kier alpha value is -1.07. The molecule has 0 spiro atoms. The molecule has 0 fully saturated rings. The Labute approximate surface area is 89.3 Å². The van der Waals surface area contributed by atoms with Crippen LogP contribution in [0.3, 0.4) is 0 Å². The van der Waals surface area contributed by atoms with E-state index in [9.17, 15) is 5.11 Å². The molecule has 0 bridgehead atoms. The summed E-state index contributed by atoms with van der Waals surface area (Å²) < 4.78 is 7.24. The predicted octanol–water partition coefficient (Wildman–Crippen LogP) is 1.86. The molecule has 74 valence electrons. The summed E-state index contributed by atoms with van der Waals surface area (Å²) in [4.78, 5) is 0. The number of halogens is 1. The van der Waals surface area contributed by atoms with E-state index in [-0.39, 0.29) is 0 Å². The van der Waals surface area contributed by atoms with Crippen LogP contribution in [0.2, 0.25) is 0 Å². The third-order valence-corrected chi connectivity index (χ3v) is 2.63. The third-order valence-electron chi connectivity index (χ3n) is 1.98. The lowest BCUT2D eigenvalue weighted by Gasteiger charge is -2.05. The maximum absolute atomic E-state index is 9.93. The van der Waals surface area contributed by atoms with E-state index in [4.69, 9.17) is 4.42 Å². The molecule has 5 heteroatoms. The lowest BCUT2D eigenvalue weighted by atomic mass is 10.1. The topological polar surface area (TPSA) is 51.2 Å². The minimum absolute atomic E-state index is 0.550. The summed E-state index contributed by atoms with van der Waals surface area (Å²) in [7, 11) is 1.81. The van der Waals surface area contributed by atoms with E-state index >= 15 is 0 Å². The Morgan fingerprint density at radius 3 is 2.93 bits per heavy atom. The molecule has 0 aliphatic heterocycles. The summed E-state index contributed by atoms with van der Waals surface area (Å²) in [5, 5.41) is 13.9. The van der Waals surface area contributed by atoms with E-state index in [0.29, 0.717) is 10.2 Å². The van der Waals surface area contributed by atoms with Crippen LogP contribution in [-0.4, -0.2) is 14.9 Å². The van der Waals surface area contributed by atoms with Gasteiger partial charge in [0.2, 0.25) is 0 Å². The molecule has 2 aromatic rings. The van der Waals surface area contributed by atoms with Gasteiger partial charge in [0.25, 0.3) is 0 Å². The molecule has 4 nitrogen and oxygen atoms in total. The monoisotopic (exact) mass is 256 g/mol. The van der Waals surface area contributed by atoms with Gasteiger partial charge >= 0.3 is 0 Å². The number of nitrogens with zero attached hydrogens (tertiary/aromatic N) is 2. The fraction of sp³-hybridized carbons (Fsp3) is 0.222. The van der Waals surface area contributed by atoms with Crippen LogP contribution in [0.25, 0.3) is 0 Å². The van der Waals surface area contributed by atoms with Crippen molar-refractivity contribution in [2.45, 2.75) is 6.10 Å². The second kappa shape index (κ2) is 3.59. The first-order valence-electron chi connectivity index (χ1n) is 4.08. The number of hydrogen-bond donors (Lipinski definition) is 1. The molecule has 14 heavy (non-hydrogen) atoms. The Kier molecular flexibility index (Phi) is 2.43. The summed E-state index contributed by atoms with van der Waals surface area (Å²) in [6, 6.07) is 1.72. The van der Waals surface area contributed by atoms with E-state index in [1.807, 2.05) is 0 Å². The van der Waals surface area contributed by atoms with Gasteiger partial charge < -0.3 is 9.52 Å². The van der Waals surface area contributed by atoms with Crippen molar-refractivity contribution >= 4 is 15.9 Å². The molecular weight excluding hydrogens is 248 g/mol. The lowest BCUT2D eigenvalue weighted by Crippen LogP contribution is -1.97. The van der Waals surface area contributed by atoms with E-state index in [1.165, 1.54) is 6.26 Å². The maximum Gasteiger partial charge on any atom is 0.175 e.